The summed E-state index contributed by atoms with van der Waals surface area (Å²) in [6.45, 7) is 2.15. The molecule has 0 aliphatic heterocycles. The van der Waals surface area contributed by atoms with Gasteiger partial charge in [-0.25, -0.2) is 18.1 Å². The van der Waals surface area contributed by atoms with Gasteiger partial charge in [-0.2, -0.15) is 0 Å². The van der Waals surface area contributed by atoms with E-state index in [1.807, 2.05) is 37.3 Å². The van der Waals surface area contributed by atoms with Crippen molar-refractivity contribution in [1.82, 2.24) is 9.71 Å². The number of carboxylic acid groups (broad SMARTS) is 1. The van der Waals surface area contributed by atoms with Crippen LogP contribution < -0.4 is 9.46 Å². The highest BCUT2D eigenvalue weighted by Gasteiger charge is 2.16. The van der Waals surface area contributed by atoms with Crippen molar-refractivity contribution in [1.29, 1.82) is 0 Å². The van der Waals surface area contributed by atoms with Gasteiger partial charge in [0.2, 0.25) is 15.9 Å². The first kappa shape index (κ1) is 26.1. The molecule has 0 spiro atoms. The minimum atomic E-state index is -3.73. The van der Waals surface area contributed by atoms with Crippen LogP contribution in [0.2, 0.25) is 0 Å². The molecule has 0 aliphatic rings. The summed E-state index contributed by atoms with van der Waals surface area (Å²) in [5.41, 5.74) is 3.07. The molecule has 0 atom stereocenters. The van der Waals surface area contributed by atoms with E-state index < -0.39 is 16.0 Å². The standard InChI is InChI=1S/C28H28N2O6S/c1-20-25(30-28(36-20)22-8-4-2-5-9-22)16-17-35-26-14-12-21(13-15-27(31)32)18-23(26)19-29-37(33,34)24-10-6-3-7-11-24/h2-12,14,18,29H,13,15-17,19H2,1H3,(H,31,32). The molecule has 0 saturated carbocycles. The number of carbonyl (C=O) groups is 1. The van der Waals surface area contributed by atoms with Crippen LogP contribution in [-0.4, -0.2) is 31.1 Å². The Morgan fingerprint density at radius 1 is 1.00 bits per heavy atom. The van der Waals surface area contributed by atoms with Gasteiger partial charge in [0, 0.05) is 30.5 Å². The van der Waals surface area contributed by atoms with E-state index in [4.69, 9.17) is 14.3 Å². The number of aryl methyl sites for hydroxylation is 2. The lowest BCUT2D eigenvalue weighted by Crippen LogP contribution is -2.23. The number of hydrogen-bond acceptors (Lipinski definition) is 6. The van der Waals surface area contributed by atoms with Gasteiger partial charge >= 0.3 is 5.97 Å². The van der Waals surface area contributed by atoms with E-state index in [-0.39, 0.29) is 17.9 Å². The molecular weight excluding hydrogens is 492 g/mol. The second-order valence-electron chi connectivity index (χ2n) is 8.46. The number of sulfonamides is 1. The van der Waals surface area contributed by atoms with Crippen molar-refractivity contribution in [2.75, 3.05) is 6.61 Å². The van der Waals surface area contributed by atoms with Crippen LogP contribution in [0.25, 0.3) is 11.5 Å². The Labute approximate surface area is 216 Å². The number of ether oxygens (including phenoxy) is 1. The maximum absolute atomic E-state index is 12.7. The molecule has 0 bridgehead atoms. The summed E-state index contributed by atoms with van der Waals surface area (Å²) in [7, 11) is -3.73. The monoisotopic (exact) mass is 520 g/mol. The van der Waals surface area contributed by atoms with Gasteiger partial charge < -0.3 is 14.3 Å². The Balaban J connectivity index is 1.47. The van der Waals surface area contributed by atoms with Gasteiger partial charge in [0.1, 0.15) is 11.5 Å². The normalized spacial score (nSPS) is 11.4. The quantitative estimate of drug-likeness (QED) is 0.276. The van der Waals surface area contributed by atoms with Gasteiger partial charge in [0.05, 0.1) is 17.2 Å². The summed E-state index contributed by atoms with van der Waals surface area (Å²) in [4.78, 5) is 15.8. The Morgan fingerprint density at radius 2 is 1.70 bits per heavy atom. The topological polar surface area (TPSA) is 119 Å². The third-order valence-electron chi connectivity index (χ3n) is 5.77. The molecule has 37 heavy (non-hydrogen) atoms. The zero-order chi connectivity index (χ0) is 26.3. The number of carboxylic acids is 1. The van der Waals surface area contributed by atoms with Crippen LogP contribution >= 0.6 is 0 Å². The SMILES string of the molecule is Cc1oc(-c2ccccc2)nc1CCOc1ccc(CCC(=O)O)cc1CNS(=O)(=O)c1ccccc1. The number of hydrogen-bond donors (Lipinski definition) is 2. The molecule has 0 unspecified atom stereocenters. The molecular formula is C28H28N2O6S. The predicted molar refractivity (Wildman–Crippen MR) is 139 cm³/mol. The van der Waals surface area contributed by atoms with Crippen LogP contribution in [0.1, 0.15) is 29.0 Å². The number of nitrogens with zero attached hydrogens (tertiary/aromatic N) is 1. The molecule has 2 N–H and O–H groups in total. The zero-order valence-electron chi connectivity index (χ0n) is 20.4. The smallest absolute Gasteiger partial charge is 0.303 e. The fraction of sp³-hybridized carbons (Fsp3) is 0.214. The van der Waals surface area contributed by atoms with Crippen LogP contribution in [0.15, 0.2) is 88.2 Å². The van der Waals surface area contributed by atoms with Crippen LogP contribution in [0.4, 0.5) is 0 Å². The summed E-state index contributed by atoms with van der Waals surface area (Å²) < 4.78 is 39.9. The van der Waals surface area contributed by atoms with Gasteiger partial charge in [-0.15, -0.1) is 0 Å². The first-order chi connectivity index (χ1) is 17.8. The molecule has 8 nitrogen and oxygen atoms in total. The Morgan fingerprint density at radius 3 is 2.41 bits per heavy atom. The molecule has 0 amide bonds. The summed E-state index contributed by atoms with van der Waals surface area (Å²) in [6, 6.07) is 23.1. The van der Waals surface area contributed by atoms with E-state index >= 15 is 0 Å². The summed E-state index contributed by atoms with van der Waals surface area (Å²) in [6.07, 6.45) is 0.803. The summed E-state index contributed by atoms with van der Waals surface area (Å²) in [5.74, 6) is 0.873. The fourth-order valence-corrected chi connectivity index (χ4v) is 4.82. The average molecular weight is 521 g/mol. The van der Waals surface area contributed by atoms with Crippen LogP contribution in [0.5, 0.6) is 5.75 Å². The van der Waals surface area contributed by atoms with Gasteiger partial charge in [0.25, 0.3) is 0 Å². The molecule has 3 aromatic carbocycles. The Hall–Kier alpha value is -3.95. The second kappa shape index (κ2) is 11.9. The van der Waals surface area contributed by atoms with Crippen LogP contribution in [-0.2, 0) is 34.2 Å². The van der Waals surface area contributed by atoms with Crippen LogP contribution in [0.3, 0.4) is 0 Å². The highest BCUT2D eigenvalue weighted by atomic mass is 32.2. The average Bonchev–Trinajstić information content (AvgIpc) is 3.28. The maximum Gasteiger partial charge on any atom is 0.303 e. The number of nitrogens with one attached hydrogen (secondary N) is 1. The minimum absolute atomic E-state index is 0.00534. The number of oxazole rings is 1. The lowest BCUT2D eigenvalue weighted by molar-refractivity contribution is -0.136. The van der Waals surface area contributed by atoms with Gasteiger partial charge in [-0.1, -0.05) is 48.5 Å². The van der Waals surface area contributed by atoms with E-state index in [9.17, 15) is 13.2 Å². The molecule has 0 aliphatic carbocycles. The summed E-state index contributed by atoms with van der Waals surface area (Å²) >= 11 is 0. The first-order valence-corrected chi connectivity index (χ1v) is 13.3. The van der Waals surface area contributed by atoms with E-state index in [2.05, 4.69) is 9.71 Å². The van der Waals surface area contributed by atoms with Crippen molar-refractivity contribution < 1.29 is 27.5 Å². The van der Waals surface area contributed by atoms with Gasteiger partial charge in [-0.05, 0) is 49.2 Å². The van der Waals surface area contributed by atoms with Crippen molar-refractivity contribution in [3.8, 4) is 17.2 Å². The lowest BCUT2D eigenvalue weighted by Gasteiger charge is -2.14. The van der Waals surface area contributed by atoms with E-state index in [1.54, 1.807) is 36.4 Å². The predicted octanol–water partition coefficient (Wildman–Crippen LogP) is 4.77. The number of rotatable bonds is 12. The highest BCUT2D eigenvalue weighted by Crippen LogP contribution is 2.24. The Bertz CT molecular complexity index is 1450. The first-order valence-electron chi connectivity index (χ1n) is 11.8. The summed E-state index contributed by atoms with van der Waals surface area (Å²) in [5, 5.41) is 9.03. The largest absolute Gasteiger partial charge is 0.493 e. The molecule has 4 rings (SSSR count). The molecule has 1 heterocycles. The van der Waals surface area contributed by atoms with Gasteiger partial charge in [-0.3, -0.25) is 4.79 Å². The highest BCUT2D eigenvalue weighted by molar-refractivity contribution is 7.89. The maximum atomic E-state index is 12.7. The van der Waals surface area contributed by atoms with Crippen molar-refractivity contribution in [3.05, 3.63) is 101 Å². The number of aromatic nitrogens is 1. The minimum Gasteiger partial charge on any atom is -0.493 e. The molecule has 192 valence electrons. The van der Waals surface area contributed by atoms with E-state index in [0.29, 0.717) is 42.4 Å². The third-order valence-corrected chi connectivity index (χ3v) is 7.19. The molecule has 1 aromatic heterocycles. The molecule has 4 aromatic rings. The molecule has 0 radical (unpaired) electrons. The van der Waals surface area contributed by atoms with Crippen molar-refractivity contribution in [2.45, 2.75) is 37.6 Å². The van der Waals surface area contributed by atoms with Crippen molar-refractivity contribution in [3.63, 3.8) is 0 Å². The van der Waals surface area contributed by atoms with Gasteiger partial charge in [0.15, 0.2) is 0 Å². The number of benzene rings is 3. The second-order valence-corrected chi connectivity index (χ2v) is 10.2. The molecule has 9 heteroatoms. The Kier molecular flexibility index (Phi) is 8.37. The lowest BCUT2D eigenvalue weighted by atomic mass is 10.1. The third kappa shape index (κ3) is 7.05. The fourth-order valence-electron chi connectivity index (χ4n) is 3.80. The molecule has 0 fully saturated rings. The van der Waals surface area contributed by atoms with Crippen molar-refractivity contribution >= 4 is 16.0 Å². The number of aliphatic carboxylic acids is 1. The van der Waals surface area contributed by atoms with Crippen molar-refractivity contribution in [2.24, 2.45) is 0 Å². The van der Waals surface area contributed by atoms with E-state index in [0.717, 1.165) is 16.8 Å². The molecule has 0 saturated heterocycles. The van der Waals surface area contributed by atoms with E-state index in [1.165, 1.54) is 12.1 Å². The zero-order valence-corrected chi connectivity index (χ0v) is 21.2. The van der Waals surface area contributed by atoms with Crippen LogP contribution in [0, 0.1) is 6.92 Å².